The molecule has 160 valence electrons. The molecule has 3 aromatic heterocycles. The molecule has 0 radical (unpaired) electrons. The normalized spacial score (nSPS) is 16.6. The minimum atomic E-state index is -2.57. The molecule has 3 aromatic rings. The molecule has 0 unspecified atom stereocenters. The van der Waals surface area contributed by atoms with Crippen LogP contribution >= 0.6 is 0 Å². The summed E-state index contributed by atoms with van der Waals surface area (Å²) in [6.07, 6.45) is 2.25. The van der Waals surface area contributed by atoms with Crippen LogP contribution in [0.3, 0.4) is 0 Å². The van der Waals surface area contributed by atoms with Gasteiger partial charge in [0.25, 0.3) is 5.95 Å². The number of halogens is 2. The summed E-state index contributed by atoms with van der Waals surface area (Å²) in [7, 11) is 1.82. The lowest BCUT2D eigenvalue weighted by Crippen LogP contribution is -2.32. The highest BCUT2D eigenvalue weighted by Gasteiger charge is 2.35. The minimum absolute atomic E-state index is 0.0537. The van der Waals surface area contributed by atoms with Crippen LogP contribution in [0.25, 0.3) is 5.95 Å². The first kappa shape index (κ1) is 20.2. The highest BCUT2D eigenvalue weighted by Crippen LogP contribution is 2.34. The van der Waals surface area contributed by atoms with E-state index in [0.717, 1.165) is 17.1 Å². The molecule has 0 atom stereocenters. The maximum atomic E-state index is 13.5. The molecule has 1 aliphatic rings. The third kappa shape index (κ3) is 4.55. The van der Waals surface area contributed by atoms with Gasteiger partial charge < -0.3 is 10.6 Å². The molecule has 4 rings (SSSR count). The average molecular weight is 417 g/mol. The van der Waals surface area contributed by atoms with Crippen molar-refractivity contribution < 1.29 is 8.78 Å². The number of rotatable bonds is 6. The van der Waals surface area contributed by atoms with E-state index in [9.17, 15) is 8.78 Å². The number of hydrogen-bond acceptors (Lipinski definition) is 7. The Morgan fingerprint density at radius 3 is 2.50 bits per heavy atom. The van der Waals surface area contributed by atoms with Gasteiger partial charge in [0.2, 0.25) is 5.92 Å². The number of alkyl halides is 2. The monoisotopic (exact) mass is 417 g/mol. The smallest absolute Gasteiger partial charge is 0.254 e. The topological polar surface area (TPSA) is 98.4 Å². The fraction of sp³-hybridized carbons (Fsp3) is 0.526. The number of anilines is 2. The molecule has 0 bridgehead atoms. The van der Waals surface area contributed by atoms with E-state index in [1.165, 1.54) is 0 Å². The average Bonchev–Trinajstić information content (AvgIpc) is 3.26. The molecule has 1 aliphatic carbocycles. The number of nitrogens with zero attached hydrogens (tertiary/aromatic N) is 7. The third-order valence-electron chi connectivity index (χ3n) is 5.24. The van der Waals surface area contributed by atoms with Crippen molar-refractivity contribution in [3.05, 3.63) is 35.4 Å². The van der Waals surface area contributed by atoms with Crippen molar-refractivity contribution in [2.24, 2.45) is 7.05 Å². The van der Waals surface area contributed by atoms with Crippen molar-refractivity contribution in [2.75, 3.05) is 10.6 Å². The molecule has 30 heavy (non-hydrogen) atoms. The van der Waals surface area contributed by atoms with Gasteiger partial charge in [-0.3, -0.25) is 4.68 Å². The molecule has 11 heteroatoms. The molecule has 1 saturated carbocycles. The first-order valence-corrected chi connectivity index (χ1v) is 9.93. The van der Waals surface area contributed by atoms with Crippen LogP contribution < -0.4 is 10.6 Å². The molecule has 0 aromatic carbocycles. The van der Waals surface area contributed by atoms with Gasteiger partial charge in [0.05, 0.1) is 24.1 Å². The van der Waals surface area contributed by atoms with Gasteiger partial charge in [-0.15, -0.1) is 5.10 Å². The highest BCUT2D eigenvalue weighted by atomic mass is 19.3. The number of nitrogens with one attached hydrogen (secondary N) is 2. The van der Waals surface area contributed by atoms with Crippen molar-refractivity contribution in [3.63, 3.8) is 0 Å². The lowest BCUT2D eigenvalue weighted by molar-refractivity contribution is -0.0361. The van der Waals surface area contributed by atoms with Gasteiger partial charge in [0, 0.05) is 37.7 Å². The predicted octanol–water partition coefficient (Wildman–Crippen LogP) is 3.01. The van der Waals surface area contributed by atoms with Crippen molar-refractivity contribution >= 4 is 11.6 Å². The van der Waals surface area contributed by atoms with E-state index in [1.807, 2.05) is 27.0 Å². The Labute approximate surface area is 172 Å². The Hall–Kier alpha value is -3.11. The first-order chi connectivity index (χ1) is 14.3. The Morgan fingerprint density at radius 2 is 1.87 bits per heavy atom. The summed E-state index contributed by atoms with van der Waals surface area (Å²) in [4.78, 5) is 9.18. The summed E-state index contributed by atoms with van der Waals surface area (Å²) in [5.41, 5.74) is 2.66. The van der Waals surface area contributed by atoms with Crippen molar-refractivity contribution in [3.8, 4) is 5.95 Å². The van der Waals surface area contributed by atoms with Crippen LogP contribution in [0.15, 0.2) is 18.3 Å². The largest absolute Gasteiger partial charge is 0.367 e. The number of aryl methyl sites for hydroxylation is 3. The van der Waals surface area contributed by atoms with Gasteiger partial charge in [-0.1, -0.05) is 5.21 Å². The molecule has 0 saturated heterocycles. The lowest BCUT2D eigenvalue weighted by atomic mass is 9.92. The molecular formula is C19H25F2N9. The second kappa shape index (κ2) is 7.96. The summed E-state index contributed by atoms with van der Waals surface area (Å²) >= 11 is 0. The van der Waals surface area contributed by atoms with Crippen LogP contribution in [-0.2, 0) is 13.6 Å². The summed E-state index contributed by atoms with van der Waals surface area (Å²) in [6.45, 7) is 4.32. The summed E-state index contributed by atoms with van der Waals surface area (Å²) < 4.78 is 30.3. The fourth-order valence-electron chi connectivity index (χ4n) is 3.57. The highest BCUT2D eigenvalue weighted by molar-refractivity contribution is 5.50. The van der Waals surface area contributed by atoms with Crippen molar-refractivity contribution in [1.29, 1.82) is 0 Å². The molecule has 2 N–H and O–H groups in total. The van der Waals surface area contributed by atoms with Crippen LogP contribution in [0.4, 0.5) is 20.4 Å². The van der Waals surface area contributed by atoms with E-state index < -0.39 is 5.92 Å². The van der Waals surface area contributed by atoms with Crippen LogP contribution in [-0.4, -0.2) is 46.7 Å². The second-order valence-electron chi connectivity index (χ2n) is 7.75. The first-order valence-electron chi connectivity index (χ1n) is 9.93. The molecule has 0 aliphatic heterocycles. The van der Waals surface area contributed by atoms with Gasteiger partial charge >= 0.3 is 0 Å². The van der Waals surface area contributed by atoms with Crippen molar-refractivity contribution in [2.45, 2.75) is 58.0 Å². The van der Waals surface area contributed by atoms with E-state index >= 15 is 0 Å². The zero-order valence-corrected chi connectivity index (χ0v) is 17.2. The van der Waals surface area contributed by atoms with Gasteiger partial charge in [-0.25, -0.2) is 13.5 Å². The van der Waals surface area contributed by atoms with Crippen molar-refractivity contribution in [1.82, 2.24) is 34.7 Å². The van der Waals surface area contributed by atoms with E-state index in [0.29, 0.717) is 37.0 Å². The SMILES string of the molecule is Cc1cc(C)n(-c2nc(NCc3cnnn3C)cc(NC3CCC(F)(F)CC3)n2)n1. The van der Waals surface area contributed by atoms with Crippen LogP contribution in [0, 0.1) is 13.8 Å². The van der Waals surface area contributed by atoms with E-state index in [4.69, 9.17) is 0 Å². The van der Waals surface area contributed by atoms with E-state index in [-0.39, 0.29) is 18.9 Å². The Kier molecular flexibility index (Phi) is 5.35. The predicted molar refractivity (Wildman–Crippen MR) is 108 cm³/mol. The molecule has 1 fully saturated rings. The van der Waals surface area contributed by atoms with Gasteiger partial charge in [0.15, 0.2) is 0 Å². The van der Waals surface area contributed by atoms with Crippen LogP contribution in [0.1, 0.15) is 42.8 Å². The standard InChI is InChI=1S/C19H25F2N9/c1-12-8-13(2)30(27-12)18-25-16(22-10-15-11-23-28-29(15)3)9-17(26-18)24-14-4-6-19(20,21)7-5-14/h8-9,11,14H,4-7,10H2,1-3H3,(H2,22,24,25,26). The molecule has 0 amide bonds. The Bertz CT molecular complexity index is 1020. The quantitative estimate of drug-likeness (QED) is 0.636. The zero-order valence-electron chi connectivity index (χ0n) is 17.2. The molecule has 3 heterocycles. The summed E-state index contributed by atoms with van der Waals surface area (Å²) in [5, 5.41) is 18.8. The summed E-state index contributed by atoms with van der Waals surface area (Å²) in [5.74, 6) is -0.981. The maximum absolute atomic E-state index is 13.5. The maximum Gasteiger partial charge on any atom is 0.254 e. The van der Waals surface area contributed by atoms with E-state index in [1.54, 1.807) is 21.6 Å². The molecular weight excluding hydrogens is 392 g/mol. The van der Waals surface area contributed by atoms with Gasteiger partial charge in [-0.2, -0.15) is 15.1 Å². The second-order valence-corrected chi connectivity index (χ2v) is 7.75. The van der Waals surface area contributed by atoms with E-state index in [2.05, 4.69) is 36.0 Å². The lowest BCUT2D eigenvalue weighted by Gasteiger charge is -2.29. The molecule has 9 nitrogen and oxygen atoms in total. The molecule has 0 spiro atoms. The summed E-state index contributed by atoms with van der Waals surface area (Å²) in [6, 6.07) is 3.68. The minimum Gasteiger partial charge on any atom is -0.367 e. The Balaban J connectivity index is 1.59. The number of aromatic nitrogens is 7. The van der Waals surface area contributed by atoms with Gasteiger partial charge in [0.1, 0.15) is 11.6 Å². The van der Waals surface area contributed by atoms with Gasteiger partial charge in [-0.05, 0) is 32.8 Å². The fourth-order valence-corrected chi connectivity index (χ4v) is 3.57. The third-order valence-corrected chi connectivity index (χ3v) is 5.24. The number of hydrogen-bond donors (Lipinski definition) is 2. The van der Waals surface area contributed by atoms with Crippen LogP contribution in [0.5, 0.6) is 0 Å². The Morgan fingerprint density at radius 1 is 1.13 bits per heavy atom. The zero-order chi connectivity index (χ0) is 21.3. The van der Waals surface area contributed by atoms with Crippen LogP contribution in [0.2, 0.25) is 0 Å².